The third-order valence-electron chi connectivity index (χ3n) is 2.99. The Kier molecular flexibility index (Phi) is 4.63. The zero-order chi connectivity index (χ0) is 15.7. The summed E-state index contributed by atoms with van der Waals surface area (Å²) >= 11 is 1.23. The Morgan fingerprint density at radius 1 is 0.952 bits per heavy atom. The first-order valence-electron chi connectivity index (χ1n) is 6.19. The maximum Gasteiger partial charge on any atom is 0.200 e. The topological polar surface area (TPSA) is 12.0 Å². The van der Waals surface area contributed by atoms with Crippen LogP contribution in [0.3, 0.4) is 0 Å². The van der Waals surface area contributed by atoms with Gasteiger partial charge in [0.2, 0.25) is 5.82 Å². The lowest BCUT2D eigenvalue weighted by molar-refractivity contribution is 0.363. The fourth-order valence-corrected chi connectivity index (χ4v) is 3.00. The molecule has 0 fully saturated rings. The predicted molar refractivity (Wildman–Crippen MR) is 70.8 cm³/mol. The van der Waals surface area contributed by atoms with Gasteiger partial charge in [0.15, 0.2) is 23.3 Å². The average molecular weight is 321 g/mol. The SMILES string of the molecule is CCNC(c1ccc(C)s1)c1c(F)c(F)c(F)c(F)c1F. The monoisotopic (exact) mass is 321 g/mol. The minimum absolute atomic E-state index is 0.307. The number of halogens is 5. The summed E-state index contributed by atoms with van der Waals surface area (Å²) in [6, 6.07) is 2.24. The standard InChI is InChI=1S/C14H12F5NS/c1-3-20-14(7-5-4-6(2)21-7)8-9(15)11(17)13(19)12(18)10(8)16/h4-5,14,20H,3H2,1-2H3. The van der Waals surface area contributed by atoms with Crippen LogP contribution in [0.25, 0.3) is 0 Å². The molecule has 0 aliphatic heterocycles. The lowest BCUT2D eigenvalue weighted by Gasteiger charge is -2.19. The molecule has 1 nitrogen and oxygen atoms in total. The van der Waals surface area contributed by atoms with Crippen molar-refractivity contribution in [1.82, 2.24) is 5.32 Å². The van der Waals surface area contributed by atoms with Gasteiger partial charge in [-0.05, 0) is 25.6 Å². The lowest BCUT2D eigenvalue weighted by atomic mass is 10.0. The van der Waals surface area contributed by atoms with Crippen molar-refractivity contribution >= 4 is 11.3 Å². The third-order valence-corrected chi connectivity index (χ3v) is 4.05. The first kappa shape index (κ1) is 15.9. The number of benzene rings is 1. The van der Waals surface area contributed by atoms with Gasteiger partial charge in [0.05, 0.1) is 11.6 Å². The van der Waals surface area contributed by atoms with Crippen molar-refractivity contribution in [2.45, 2.75) is 19.9 Å². The predicted octanol–water partition coefficient (Wildman–Crippen LogP) is 4.45. The minimum Gasteiger partial charge on any atom is -0.306 e. The van der Waals surface area contributed by atoms with Crippen LogP contribution in [-0.4, -0.2) is 6.54 Å². The number of nitrogens with one attached hydrogen (secondary N) is 1. The van der Waals surface area contributed by atoms with Crippen molar-refractivity contribution < 1.29 is 22.0 Å². The van der Waals surface area contributed by atoms with Crippen LogP contribution >= 0.6 is 11.3 Å². The molecule has 1 N–H and O–H groups in total. The van der Waals surface area contributed by atoms with Crippen LogP contribution < -0.4 is 5.32 Å². The normalized spacial score (nSPS) is 12.7. The third kappa shape index (κ3) is 2.80. The Hall–Kier alpha value is -1.47. The van der Waals surface area contributed by atoms with Gasteiger partial charge in [-0.2, -0.15) is 0 Å². The number of thiophene rings is 1. The Morgan fingerprint density at radius 2 is 1.48 bits per heavy atom. The molecule has 1 heterocycles. The van der Waals surface area contributed by atoms with Crippen LogP contribution in [0, 0.1) is 36.0 Å². The first-order chi connectivity index (χ1) is 9.88. The highest BCUT2D eigenvalue weighted by molar-refractivity contribution is 7.12. The molecule has 0 aliphatic carbocycles. The number of aryl methyl sites for hydroxylation is 1. The second-order valence-electron chi connectivity index (χ2n) is 4.42. The number of hydrogen-bond donors (Lipinski definition) is 1. The molecule has 2 rings (SSSR count). The van der Waals surface area contributed by atoms with Crippen molar-refractivity contribution in [2.75, 3.05) is 6.54 Å². The zero-order valence-corrected chi connectivity index (χ0v) is 12.1. The molecule has 114 valence electrons. The fourth-order valence-electron chi connectivity index (χ4n) is 2.03. The van der Waals surface area contributed by atoms with E-state index >= 15 is 0 Å². The van der Waals surface area contributed by atoms with E-state index in [0.29, 0.717) is 11.4 Å². The molecule has 0 amide bonds. The van der Waals surface area contributed by atoms with E-state index in [1.54, 1.807) is 26.0 Å². The van der Waals surface area contributed by atoms with Crippen LogP contribution in [0.1, 0.15) is 28.3 Å². The summed E-state index contributed by atoms with van der Waals surface area (Å²) in [4.78, 5) is 1.36. The van der Waals surface area contributed by atoms with Gasteiger partial charge in [0.1, 0.15) is 0 Å². The second kappa shape index (κ2) is 6.11. The molecular formula is C14H12F5NS. The number of hydrogen-bond acceptors (Lipinski definition) is 2. The molecule has 0 bridgehead atoms. The van der Waals surface area contributed by atoms with Gasteiger partial charge in [-0.1, -0.05) is 6.92 Å². The highest BCUT2D eigenvalue weighted by Crippen LogP contribution is 2.34. The summed E-state index contributed by atoms with van der Waals surface area (Å²) in [6.07, 6.45) is 0. The Labute approximate surface area is 122 Å². The highest BCUT2D eigenvalue weighted by atomic mass is 32.1. The molecule has 1 unspecified atom stereocenters. The van der Waals surface area contributed by atoms with Gasteiger partial charge in [0, 0.05) is 9.75 Å². The van der Waals surface area contributed by atoms with E-state index in [-0.39, 0.29) is 0 Å². The Morgan fingerprint density at radius 3 is 1.90 bits per heavy atom. The molecule has 2 aromatic rings. The van der Waals surface area contributed by atoms with Crippen molar-refractivity contribution in [3.05, 3.63) is 56.5 Å². The maximum absolute atomic E-state index is 13.9. The van der Waals surface area contributed by atoms with E-state index in [1.807, 2.05) is 0 Å². The molecular weight excluding hydrogens is 309 g/mol. The van der Waals surface area contributed by atoms with Gasteiger partial charge >= 0.3 is 0 Å². The largest absolute Gasteiger partial charge is 0.306 e. The van der Waals surface area contributed by atoms with Gasteiger partial charge in [0.25, 0.3) is 0 Å². The summed E-state index contributed by atoms with van der Waals surface area (Å²) in [5, 5.41) is 2.76. The molecule has 7 heteroatoms. The first-order valence-corrected chi connectivity index (χ1v) is 7.01. The zero-order valence-electron chi connectivity index (χ0n) is 11.2. The molecule has 0 spiro atoms. The van der Waals surface area contributed by atoms with E-state index in [9.17, 15) is 22.0 Å². The summed E-state index contributed by atoms with van der Waals surface area (Å²) in [5.74, 6) is -9.61. The van der Waals surface area contributed by atoms with Gasteiger partial charge in [-0.3, -0.25) is 0 Å². The summed E-state index contributed by atoms with van der Waals surface area (Å²) < 4.78 is 67.6. The van der Waals surface area contributed by atoms with E-state index in [2.05, 4.69) is 5.32 Å². The van der Waals surface area contributed by atoms with Crippen LogP contribution in [-0.2, 0) is 0 Å². The van der Waals surface area contributed by atoms with Crippen LogP contribution in [0.4, 0.5) is 22.0 Å². The second-order valence-corrected chi connectivity index (χ2v) is 5.74. The summed E-state index contributed by atoms with van der Waals surface area (Å²) in [5.41, 5.74) is -0.852. The molecule has 1 aromatic heterocycles. The maximum atomic E-state index is 13.9. The van der Waals surface area contributed by atoms with E-state index < -0.39 is 40.7 Å². The van der Waals surface area contributed by atoms with E-state index in [0.717, 1.165) is 4.88 Å². The Bertz CT molecular complexity index is 639. The lowest BCUT2D eigenvalue weighted by Crippen LogP contribution is -2.25. The Balaban J connectivity index is 2.66. The summed E-state index contributed by atoms with van der Waals surface area (Å²) in [7, 11) is 0. The smallest absolute Gasteiger partial charge is 0.200 e. The van der Waals surface area contributed by atoms with Crippen LogP contribution in [0.5, 0.6) is 0 Å². The van der Waals surface area contributed by atoms with Crippen LogP contribution in [0.15, 0.2) is 12.1 Å². The van der Waals surface area contributed by atoms with Crippen molar-refractivity contribution in [1.29, 1.82) is 0 Å². The van der Waals surface area contributed by atoms with Crippen molar-refractivity contribution in [2.24, 2.45) is 0 Å². The molecule has 0 saturated heterocycles. The van der Waals surface area contributed by atoms with Crippen molar-refractivity contribution in [3.63, 3.8) is 0 Å². The molecule has 1 aromatic carbocycles. The minimum atomic E-state index is -2.15. The van der Waals surface area contributed by atoms with Crippen LogP contribution in [0.2, 0.25) is 0 Å². The quantitative estimate of drug-likeness (QED) is 0.498. The average Bonchev–Trinajstić information content (AvgIpc) is 2.88. The molecule has 0 saturated carbocycles. The summed E-state index contributed by atoms with van der Waals surface area (Å²) in [6.45, 7) is 3.77. The molecule has 21 heavy (non-hydrogen) atoms. The van der Waals surface area contributed by atoms with Gasteiger partial charge in [-0.15, -0.1) is 11.3 Å². The fraction of sp³-hybridized carbons (Fsp3) is 0.286. The highest BCUT2D eigenvalue weighted by Gasteiger charge is 2.31. The van der Waals surface area contributed by atoms with Crippen molar-refractivity contribution in [3.8, 4) is 0 Å². The van der Waals surface area contributed by atoms with Gasteiger partial charge < -0.3 is 5.32 Å². The van der Waals surface area contributed by atoms with E-state index in [1.165, 1.54) is 11.3 Å². The number of rotatable bonds is 4. The van der Waals surface area contributed by atoms with Gasteiger partial charge in [-0.25, -0.2) is 22.0 Å². The molecule has 0 radical (unpaired) electrons. The molecule has 0 aliphatic rings. The molecule has 1 atom stereocenters. The van der Waals surface area contributed by atoms with E-state index in [4.69, 9.17) is 0 Å².